The zero-order valence-corrected chi connectivity index (χ0v) is 10.8. The van der Waals surface area contributed by atoms with Gasteiger partial charge in [-0.25, -0.2) is 4.39 Å². The molecule has 0 saturated carbocycles. The van der Waals surface area contributed by atoms with Gasteiger partial charge in [0.05, 0.1) is 5.02 Å². The van der Waals surface area contributed by atoms with Crippen LogP contribution in [0.15, 0.2) is 18.2 Å². The van der Waals surface area contributed by atoms with Crippen LogP contribution in [0.5, 0.6) is 0 Å². The molecule has 5 heteroatoms. The van der Waals surface area contributed by atoms with Gasteiger partial charge < -0.3 is 10.6 Å². The summed E-state index contributed by atoms with van der Waals surface area (Å²) >= 11 is 10.7. The number of rotatable bonds is 3. The third-order valence-electron chi connectivity index (χ3n) is 2.17. The highest BCUT2D eigenvalue weighted by Gasteiger charge is 2.04. The minimum absolute atomic E-state index is 0.0799. The van der Waals surface area contributed by atoms with Gasteiger partial charge in [0.2, 0.25) is 0 Å². The summed E-state index contributed by atoms with van der Waals surface area (Å²) < 4.78 is 12.9. The lowest BCUT2D eigenvalue weighted by molar-refractivity contribution is 0.628. The van der Waals surface area contributed by atoms with Gasteiger partial charge in [-0.1, -0.05) is 18.5 Å². The van der Waals surface area contributed by atoms with Crippen molar-refractivity contribution in [1.82, 2.24) is 5.32 Å². The van der Waals surface area contributed by atoms with Crippen molar-refractivity contribution in [3.63, 3.8) is 0 Å². The second-order valence-electron chi connectivity index (χ2n) is 3.54. The Bertz CT molecular complexity index is 384. The molecule has 0 amide bonds. The lowest BCUT2D eigenvalue weighted by atomic mass is 10.3. The maximum atomic E-state index is 12.9. The van der Waals surface area contributed by atoms with E-state index in [1.807, 2.05) is 6.92 Å². The number of hydrogen-bond acceptors (Lipinski definition) is 1. The molecule has 0 spiro atoms. The van der Waals surface area contributed by atoms with E-state index in [2.05, 4.69) is 17.6 Å². The predicted octanol–water partition coefficient (Wildman–Crippen LogP) is 3.56. The predicted molar refractivity (Wildman–Crippen MR) is 70.5 cm³/mol. The van der Waals surface area contributed by atoms with Crippen LogP contribution in [-0.4, -0.2) is 11.2 Å². The van der Waals surface area contributed by atoms with Crippen LogP contribution in [0.25, 0.3) is 0 Å². The molecule has 88 valence electrons. The van der Waals surface area contributed by atoms with Gasteiger partial charge in [-0.05, 0) is 43.8 Å². The fourth-order valence-corrected chi connectivity index (χ4v) is 1.57. The molecule has 2 N–H and O–H groups in total. The molecule has 0 aliphatic heterocycles. The van der Waals surface area contributed by atoms with Crippen molar-refractivity contribution in [2.45, 2.75) is 26.3 Å². The van der Waals surface area contributed by atoms with E-state index < -0.39 is 5.82 Å². The van der Waals surface area contributed by atoms with Crippen LogP contribution in [0.1, 0.15) is 20.3 Å². The summed E-state index contributed by atoms with van der Waals surface area (Å²) in [7, 11) is 0. The highest BCUT2D eigenvalue weighted by Crippen LogP contribution is 2.19. The first-order valence-electron chi connectivity index (χ1n) is 5.05. The van der Waals surface area contributed by atoms with E-state index in [0.29, 0.717) is 16.8 Å². The topological polar surface area (TPSA) is 24.1 Å². The standard InChI is InChI=1S/C11H14ClFN2S/c1-3-7(2)14-11(16)15-8-4-5-10(13)9(12)6-8/h4-7H,3H2,1-2H3,(H2,14,15,16)/t7-/m0/s1. The van der Waals surface area contributed by atoms with E-state index in [1.165, 1.54) is 12.1 Å². The van der Waals surface area contributed by atoms with E-state index in [9.17, 15) is 4.39 Å². The van der Waals surface area contributed by atoms with Crippen molar-refractivity contribution in [2.24, 2.45) is 0 Å². The third kappa shape index (κ3) is 3.94. The van der Waals surface area contributed by atoms with Crippen molar-refractivity contribution in [1.29, 1.82) is 0 Å². The molecule has 1 atom stereocenters. The van der Waals surface area contributed by atoms with Crippen molar-refractivity contribution in [3.05, 3.63) is 29.0 Å². The largest absolute Gasteiger partial charge is 0.360 e. The molecule has 2 nitrogen and oxygen atoms in total. The highest BCUT2D eigenvalue weighted by molar-refractivity contribution is 7.80. The lowest BCUT2D eigenvalue weighted by Gasteiger charge is -2.15. The quantitative estimate of drug-likeness (QED) is 0.813. The van der Waals surface area contributed by atoms with Crippen LogP contribution in [0.4, 0.5) is 10.1 Å². The summed E-state index contributed by atoms with van der Waals surface area (Å²) in [6.07, 6.45) is 0.978. The van der Waals surface area contributed by atoms with Gasteiger partial charge in [0.1, 0.15) is 5.82 Å². The number of halogens is 2. The third-order valence-corrected chi connectivity index (χ3v) is 2.68. The molecule has 1 aromatic carbocycles. The number of anilines is 1. The molecular formula is C11H14ClFN2S. The van der Waals surface area contributed by atoms with Gasteiger partial charge in [0, 0.05) is 11.7 Å². The summed E-state index contributed by atoms with van der Waals surface area (Å²) in [6.45, 7) is 4.10. The molecule has 0 heterocycles. The zero-order valence-electron chi connectivity index (χ0n) is 9.18. The monoisotopic (exact) mass is 260 g/mol. The summed E-state index contributed by atoms with van der Waals surface area (Å²) in [5.74, 6) is -0.437. The van der Waals surface area contributed by atoms with E-state index in [1.54, 1.807) is 6.07 Å². The SMILES string of the molecule is CC[C@H](C)NC(=S)Nc1ccc(F)c(Cl)c1. The maximum absolute atomic E-state index is 12.9. The Morgan fingerprint density at radius 1 is 1.56 bits per heavy atom. The molecule has 0 radical (unpaired) electrons. The van der Waals surface area contributed by atoms with E-state index in [-0.39, 0.29) is 5.02 Å². The Balaban J connectivity index is 2.59. The Hall–Kier alpha value is -0.870. The molecule has 0 saturated heterocycles. The van der Waals surface area contributed by atoms with E-state index >= 15 is 0 Å². The van der Waals surface area contributed by atoms with Crippen molar-refractivity contribution in [3.8, 4) is 0 Å². The van der Waals surface area contributed by atoms with E-state index in [0.717, 1.165) is 6.42 Å². The fraction of sp³-hybridized carbons (Fsp3) is 0.364. The molecule has 0 unspecified atom stereocenters. The summed E-state index contributed by atoms with van der Waals surface area (Å²) in [4.78, 5) is 0. The minimum atomic E-state index is -0.437. The Labute approximate surface area is 105 Å². The molecule has 0 bridgehead atoms. The van der Waals surface area contributed by atoms with Crippen LogP contribution in [-0.2, 0) is 0 Å². The van der Waals surface area contributed by atoms with Crippen molar-refractivity contribution in [2.75, 3.05) is 5.32 Å². The summed E-state index contributed by atoms with van der Waals surface area (Å²) in [5.41, 5.74) is 0.673. The molecule has 0 aromatic heterocycles. The smallest absolute Gasteiger partial charge is 0.170 e. The molecule has 16 heavy (non-hydrogen) atoms. The molecule has 1 rings (SSSR count). The normalized spacial score (nSPS) is 12.0. The Kier molecular flexibility index (Phi) is 4.96. The summed E-state index contributed by atoms with van der Waals surface area (Å²) in [6, 6.07) is 4.69. The number of thiocarbonyl (C=S) groups is 1. The number of benzene rings is 1. The minimum Gasteiger partial charge on any atom is -0.360 e. The van der Waals surface area contributed by atoms with Crippen LogP contribution in [0, 0.1) is 5.82 Å². The second-order valence-corrected chi connectivity index (χ2v) is 4.35. The summed E-state index contributed by atoms with van der Waals surface area (Å²) in [5, 5.41) is 6.63. The van der Waals surface area contributed by atoms with Gasteiger partial charge in [-0.15, -0.1) is 0 Å². The molecular weight excluding hydrogens is 247 g/mol. The average molecular weight is 261 g/mol. The Morgan fingerprint density at radius 3 is 2.81 bits per heavy atom. The van der Waals surface area contributed by atoms with E-state index in [4.69, 9.17) is 23.8 Å². The van der Waals surface area contributed by atoms with Gasteiger partial charge in [-0.2, -0.15) is 0 Å². The maximum Gasteiger partial charge on any atom is 0.170 e. The molecule has 0 fully saturated rings. The molecule has 1 aromatic rings. The molecule has 0 aliphatic carbocycles. The Morgan fingerprint density at radius 2 is 2.25 bits per heavy atom. The van der Waals surface area contributed by atoms with Crippen LogP contribution in [0.3, 0.4) is 0 Å². The van der Waals surface area contributed by atoms with Crippen molar-refractivity contribution < 1.29 is 4.39 Å². The van der Waals surface area contributed by atoms with Gasteiger partial charge in [-0.3, -0.25) is 0 Å². The van der Waals surface area contributed by atoms with Gasteiger partial charge >= 0.3 is 0 Å². The van der Waals surface area contributed by atoms with Crippen LogP contribution in [0.2, 0.25) is 5.02 Å². The highest BCUT2D eigenvalue weighted by atomic mass is 35.5. The number of hydrogen-bond donors (Lipinski definition) is 2. The first-order chi connectivity index (χ1) is 7.52. The lowest BCUT2D eigenvalue weighted by Crippen LogP contribution is -2.35. The molecule has 0 aliphatic rings. The average Bonchev–Trinajstić information content (AvgIpc) is 2.23. The van der Waals surface area contributed by atoms with Crippen molar-refractivity contribution >= 4 is 34.6 Å². The van der Waals surface area contributed by atoms with Gasteiger partial charge in [0.25, 0.3) is 0 Å². The first kappa shape index (κ1) is 13.2. The van der Waals surface area contributed by atoms with Crippen LogP contribution < -0.4 is 10.6 Å². The fourth-order valence-electron chi connectivity index (χ4n) is 1.07. The second kappa shape index (κ2) is 6.01. The zero-order chi connectivity index (χ0) is 12.1. The van der Waals surface area contributed by atoms with Gasteiger partial charge in [0.15, 0.2) is 5.11 Å². The first-order valence-corrected chi connectivity index (χ1v) is 5.84. The number of nitrogens with one attached hydrogen (secondary N) is 2. The van der Waals surface area contributed by atoms with Crippen LogP contribution >= 0.6 is 23.8 Å².